The molecule has 3 unspecified atom stereocenters. The van der Waals surface area contributed by atoms with Crippen LogP contribution in [0.2, 0.25) is 0 Å². The van der Waals surface area contributed by atoms with Gasteiger partial charge in [-0.15, -0.1) is 0 Å². The van der Waals surface area contributed by atoms with Crippen molar-refractivity contribution in [2.75, 3.05) is 26.7 Å². The van der Waals surface area contributed by atoms with Crippen LogP contribution in [-0.4, -0.2) is 48.8 Å². The molecule has 19 heavy (non-hydrogen) atoms. The summed E-state index contributed by atoms with van der Waals surface area (Å²) in [6, 6.07) is 1.39. The van der Waals surface area contributed by atoms with Crippen LogP contribution in [0.5, 0.6) is 0 Å². The summed E-state index contributed by atoms with van der Waals surface area (Å²) in [4.78, 5) is 2.70. The van der Waals surface area contributed by atoms with Gasteiger partial charge in [-0.05, 0) is 63.5 Å². The number of nitrogens with one attached hydrogen (secondary N) is 1. The van der Waals surface area contributed by atoms with Crippen molar-refractivity contribution in [1.82, 2.24) is 10.2 Å². The van der Waals surface area contributed by atoms with Gasteiger partial charge in [-0.25, -0.2) is 0 Å². The third-order valence-corrected chi connectivity index (χ3v) is 5.45. The minimum Gasteiger partial charge on any atom is -0.396 e. The van der Waals surface area contributed by atoms with Crippen LogP contribution < -0.4 is 5.32 Å². The van der Waals surface area contributed by atoms with Crippen molar-refractivity contribution in [3.8, 4) is 0 Å². The predicted octanol–water partition coefficient (Wildman–Crippen LogP) is 2.25. The van der Waals surface area contributed by atoms with Crippen LogP contribution in [0.4, 0.5) is 0 Å². The zero-order chi connectivity index (χ0) is 13.9. The van der Waals surface area contributed by atoms with Gasteiger partial charge in [0.2, 0.25) is 0 Å². The first-order valence-corrected chi connectivity index (χ1v) is 8.10. The molecule has 3 atom stereocenters. The molecular formula is C16H32N2O. The summed E-state index contributed by atoms with van der Waals surface area (Å²) >= 11 is 0. The van der Waals surface area contributed by atoms with E-state index in [1.54, 1.807) is 0 Å². The lowest BCUT2D eigenvalue weighted by atomic mass is 9.84. The van der Waals surface area contributed by atoms with Crippen molar-refractivity contribution in [2.45, 2.75) is 64.5 Å². The molecule has 1 aliphatic heterocycles. The highest BCUT2D eigenvalue weighted by atomic mass is 16.2. The summed E-state index contributed by atoms with van der Waals surface area (Å²) in [7, 11) is 2.12. The van der Waals surface area contributed by atoms with E-state index in [9.17, 15) is 0 Å². The number of aliphatic hydroxyl groups excluding tert-OH is 1. The summed E-state index contributed by atoms with van der Waals surface area (Å²) < 4.78 is 0. The lowest BCUT2D eigenvalue weighted by molar-refractivity contribution is 0.165. The number of hydrogen-bond acceptors (Lipinski definition) is 3. The molecular weight excluding hydrogens is 236 g/mol. The Bertz CT molecular complexity index is 280. The molecule has 112 valence electrons. The predicted molar refractivity (Wildman–Crippen MR) is 80.3 cm³/mol. The normalized spacial score (nSPS) is 35.1. The highest BCUT2D eigenvalue weighted by Gasteiger charge is 2.42. The molecule has 3 nitrogen and oxygen atoms in total. The third-order valence-electron chi connectivity index (χ3n) is 5.45. The van der Waals surface area contributed by atoms with Gasteiger partial charge in [0.25, 0.3) is 0 Å². The zero-order valence-electron chi connectivity index (χ0n) is 13.0. The second-order valence-corrected chi connectivity index (χ2v) is 7.21. The van der Waals surface area contributed by atoms with Crippen molar-refractivity contribution < 1.29 is 5.11 Å². The van der Waals surface area contributed by atoms with E-state index in [0.29, 0.717) is 18.1 Å². The fourth-order valence-corrected chi connectivity index (χ4v) is 4.43. The molecule has 2 aliphatic rings. The van der Waals surface area contributed by atoms with E-state index in [2.05, 4.69) is 31.1 Å². The van der Waals surface area contributed by atoms with E-state index in [-0.39, 0.29) is 0 Å². The first kappa shape index (κ1) is 15.3. The maximum atomic E-state index is 9.02. The van der Waals surface area contributed by atoms with Gasteiger partial charge in [0.15, 0.2) is 0 Å². The van der Waals surface area contributed by atoms with Crippen molar-refractivity contribution in [3.63, 3.8) is 0 Å². The Hall–Kier alpha value is -0.120. The smallest absolute Gasteiger partial charge is 0.0431 e. The minimum atomic E-state index is 0.347. The molecule has 0 bridgehead atoms. The third kappa shape index (κ3) is 3.50. The Balaban J connectivity index is 1.89. The van der Waals surface area contributed by atoms with E-state index in [4.69, 9.17) is 5.11 Å². The van der Waals surface area contributed by atoms with Gasteiger partial charge in [-0.1, -0.05) is 13.8 Å². The maximum Gasteiger partial charge on any atom is 0.0431 e. The van der Waals surface area contributed by atoms with Gasteiger partial charge in [0, 0.05) is 25.2 Å². The average Bonchev–Trinajstić information content (AvgIpc) is 2.92. The van der Waals surface area contributed by atoms with Crippen molar-refractivity contribution in [1.29, 1.82) is 0 Å². The molecule has 0 spiro atoms. The van der Waals surface area contributed by atoms with E-state index < -0.39 is 0 Å². The Kier molecular flexibility index (Phi) is 5.27. The van der Waals surface area contributed by atoms with E-state index >= 15 is 0 Å². The molecule has 1 heterocycles. The Morgan fingerprint density at radius 1 is 1.32 bits per heavy atom. The van der Waals surface area contributed by atoms with Gasteiger partial charge in [0.05, 0.1) is 0 Å². The molecule has 0 aromatic rings. The molecule has 2 N–H and O–H groups in total. The first-order chi connectivity index (χ1) is 9.08. The molecule has 0 aromatic heterocycles. The average molecular weight is 268 g/mol. The summed E-state index contributed by atoms with van der Waals surface area (Å²) in [5, 5.41) is 12.6. The van der Waals surface area contributed by atoms with Crippen LogP contribution in [0.15, 0.2) is 0 Å². The number of nitrogens with zero attached hydrogens (tertiary/aromatic N) is 1. The van der Waals surface area contributed by atoms with Crippen molar-refractivity contribution in [2.24, 2.45) is 11.3 Å². The highest BCUT2D eigenvalue weighted by molar-refractivity contribution is 4.97. The Morgan fingerprint density at radius 2 is 2.11 bits per heavy atom. The first-order valence-electron chi connectivity index (χ1n) is 8.10. The fourth-order valence-electron chi connectivity index (χ4n) is 4.43. The largest absolute Gasteiger partial charge is 0.396 e. The molecule has 1 aliphatic carbocycles. The monoisotopic (exact) mass is 268 g/mol. The van der Waals surface area contributed by atoms with E-state index in [1.807, 2.05) is 0 Å². The van der Waals surface area contributed by atoms with Crippen LogP contribution in [0, 0.1) is 11.3 Å². The maximum absolute atomic E-state index is 9.02. The highest BCUT2D eigenvalue weighted by Crippen LogP contribution is 2.42. The molecule has 0 amide bonds. The zero-order valence-corrected chi connectivity index (χ0v) is 13.0. The van der Waals surface area contributed by atoms with Crippen LogP contribution in [0.1, 0.15) is 52.4 Å². The SMILES string of the molecule is CNC1C(CN2CCCC2CCCO)CCC1(C)C. The van der Waals surface area contributed by atoms with Crippen LogP contribution in [0.3, 0.4) is 0 Å². The molecule has 0 aromatic carbocycles. The van der Waals surface area contributed by atoms with E-state index in [1.165, 1.54) is 45.2 Å². The molecule has 3 heteroatoms. The molecule has 1 saturated heterocycles. The molecule has 2 fully saturated rings. The number of hydrogen-bond donors (Lipinski definition) is 2. The lowest BCUT2D eigenvalue weighted by Gasteiger charge is -2.34. The number of aliphatic hydroxyl groups is 1. The summed E-state index contributed by atoms with van der Waals surface area (Å²) in [6.45, 7) is 7.68. The molecule has 0 radical (unpaired) electrons. The lowest BCUT2D eigenvalue weighted by Crippen LogP contribution is -2.45. The van der Waals surface area contributed by atoms with Crippen molar-refractivity contribution in [3.05, 3.63) is 0 Å². The van der Waals surface area contributed by atoms with Crippen molar-refractivity contribution >= 4 is 0 Å². The van der Waals surface area contributed by atoms with Gasteiger partial charge >= 0.3 is 0 Å². The number of likely N-dealkylation sites (tertiary alicyclic amines) is 1. The van der Waals surface area contributed by atoms with E-state index in [0.717, 1.165) is 18.4 Å². The standard InChI is InChI=1S/C16H32N2O/c1-16(2)9-8-13(15(16)17-3)12-18-10-4-6-14(18)7-5-11-19/h13-15,17,19H,4-12H2,1-3H3. The van der Waals surface area contributed by atoms with Gasteiger partial charge in [0.1, 0.15) is 0 Å². The molecule has 2 rings (SSSR count). The van der Waals surface area contributed by atoms with Crippen LogP contribution >= 0.6 is 0 Å². The second-order valence-electron chi connectivity index (χ2n) is 7.21. The van der Waals surface area contributed by atoms with Crippen LogP contribution in [-0.2, 0) is 0 Å². The van der Waals surface area contributed by atoms with Gasteiger partial charge < -0.3 is 15.3 Å². The minimum absolute atomic E-state index is 0.347. The summed E-state index contributed by atoms with van der Waals surface area (Å²) in [5.74, 6) is 0.801. The van der Waals surface area contributed by atoms with Gasteiger partial charge in [-0.3, -0.25) is 0 Å². The topological polar surface area (TPSA) is 35.5 Å². The fraction of sp³-hybridized carbons (Fsp3) is 1.00. The summed E-state index contributed by atoms with van der Waals surface area (Å²) in [5.41, 5.74) is 0.444. The Labute approximate surface area is 118 Å². The van der Waals surface area contributed by atoms with Gasteiger partial charge in [-0.2, -0.15) is 0 Å². The molecule has 1 saturated carbocycles. The quantitative estimate of drug-likeness (QED) is 0.775. The Morgan fingerprint density at radius 3 is 2.79 bits per heavy atom. The summed E-state index contributed by atoms with van der Waals surface area (Å²) in [6.07, 6.45) is 7.53. The number of rotatable bonds is 6. The second kappa shape index (κ2) is 6.55. The van der Waals surface area contributed by atoms with Crippen LogP contribution in [0.25, 0.3) is 0 Å².